The van der Waals surface area contributed by atoms with Crippen molar-refractivity contribution in [2.45, 2.75) is 0 Å². The normalized spacial score (nSPS) is 12.5. The molecule has 0 bridgehead atoms. The first kappa shape index (κ1) is 10.2. The third kappa shape index (κ3) is 1.15. The lowest BCUT2D eigenvalue weighted by Crippen LogP contribution is -1.94. The zero-order valence-corrected chi connectivity index (χ0v) is 9.83. The molecule has 0 fully saturated rings. The predicted octanol–water partition coefficient (Wildman–Crippen LogP) is 3.57. The van der Waals surface area contributed by atoms with Gasteiger partial charge in [0, 0.05) is 10.9 Å². The molecule has 0 N–H and O–H groups in total. The highest BCUT2D eigenvalue weighted by Gasteiger charge is 2.29. The van der Waals surface area contributed by atoms with E-state index in [1.165, 1.54) is 0 Å². The van der Waals surface area contributed by atoms with E-state index in [2.05, 4.69) is 5.18 Å². The number of hydrogen-bond donors (Lipinski definition) is 0. The van der Waals surface area contributed by atoms with E-state index in [0.29, 0.717) is 22.5 Å². The van der Waals surface area contributed by atoms with Crippen LogP contribution in [0.15, 0.2) is 53.7 Å². The monoisotopic (exact) mass is 248 g/mol. The van der Waals surface area contributed by atoms with Gasteiger partial charge in [0.1, 0.15) is 5.69 Å². The second-order valence-electron chi connectivity index (χ2n) is 4.52. The number of carbonyl (C=O) groups excluding carboxylic acids is 1. The zero-order chi connectivity index (χ0) is 13.0. The first-order valence-corrected chi connectivity index (χ1v) is 5.93. The van der Waals surface area contributed by atoms with E-state index in [1.54, 1.807) is 18.2 Å². The SMILES string of the molecule is O=Nc1cccc2cc3n(c12)-c1ccccc1C3=O. The Hall–Kier alpha value is -2.75. The highest BCUT2D eigenvalue weighted by atomic mass is 16.3. The van der Waals surface area contributed by atoms with Crippen LogP contribution in [0, 0.1) is 4.91 Å². The van der Waals surface area contributed by atoms with Crippen LogP contribution in [0.2, 0.25) is 0 Å². The smallest absolute Gasteiger partial charge is 0.211 e. The molecule has 0 atom stereocenters. The maximum Gasteiger partial charge on any atom is 0.211 e. The minimum atomic E-state index is -0.0105. The first-order valence-electron chi connectivity index (χ1n) is 5.93. The molecule has 0 radical (unpaired) electrons. The van der Waals surface area contributed by atoms with Crippen molar-refractivity contribution in [3.05, 3.63) is 64.7 Å². The second-order valence-corrected chi connectivity index (χ2v) is 4.52. The van der Waals surface area contributed by atoms with Crippen LogP contribution in [0.4, 0.5) is 5.69 Å². The summed E-state index contributed by atoms with van der Waals surface area (Å²) in [6.07, 6.45) is 0. The van der Waals surface area contributed by atoms with Crippen LogP contribution in [0.25, 0.3) is 16.6 Å². The number of nitroso groups, excluding NO2 is 1. The van der Waals surface area contributed by atoms with Crippen LogP contribution in [-0.4, -0.2) is 10.4 Å². The zero-order valence-electron chi connectivity index (χ0n) is 9.83. The number of ketones is 1. The topological polar surface area (TPSA) is 51.4 Å². The lowest BCUT2D eigenvalue weighted by molar-refractivity contribution is 0.104. The van der Waals surface area contributed by atoms with Gasteiger partial charge in [-0.2, -0.15) is 0 Å². The Morgan fingerprint density at radius 1 is 1.00 bits per heavy atom. The molecular formula is C15H8N2O2. The van der Waals surface area contributed by atoms with Crippen molar-refractivity contribution >= 4 is 22.4 Å². The standard InChI is InChI=1S/C15H8N2O2/c18-15-10-5-1-2-7-12(10)17-13(15)8-9-4-3-6-11(16-19)14(9)17/h1-8H. The van der Waals surface area contributed by atoms with Gasteiger partial charge >= 0.3 is 0 Å². The number of rotatable bonds is 1. The van der Waals surface area contributed by atoms with Crippen molar-refractivity contribution in [2.24, 2.45) is 5.18 Å². The van der Waals surface area contributed by atoms with E-state index < -0.39 is 0 Å². The molecule has 1 aliphatic heterocycles. The fraction of sp³-hybridized carbons (Fsp3) is 0. The van der Waals surface area contributed by atoms with Crippen molar-refractivity contribution in [3.8, 4) is 5.69 Å². The summed E-state index contributed by atoms with van der Waals surface area (Å²) in [5.74, 6) is -0.0105. The Balaban J connectivity index is 2.23. The van der Waals surface area contributed by atoms with Gasteiger partial charge in [-0.1, -0.05) is 24.3 Å². The van der Waals surface area contributed by atoms with Crippen LogP contribution in [-0.2, 0) is 0 Å². The summed E-state index contributed by atoms with van der Waals surface area (Å²) in [6, 6.07) is 14.5. The average molecular weight is 248 g/mol. The largest absolute Gasteiger partial charge is 0.303 e. The molecule has 0 unspecified atom stereocenters. The Kier molecular flexibility index (Phi) is 1.82. The molecule has 2 aromatic carbocycles. The van der Waals surface area contributed by atoms with Crippen molar-refractivity contribution in [2.75, 3.05) is 0 Å². The molecule has 0 amide bonds. The fourth-order valence-electron chi connectivity index (χ4n) is 2.73. The number of hydrogen-bond acceptors (Lipinski definition) is 3. The Morgan fingerprint density at radius 2 is 1.84 bits per heavy atom. The summed E-state index contributed by atoms with van der Waals surface area (Å²) in [6.45, 7) is 0. The molecule has 0 saturated heterocycles. The predicted molar refractivity (Wildman–Crippen MR) is 72.2 cm³/mol. The Morgan fingerprint density at radius 3 is 2.68 bits per heavy atom. The number of fused-ring (bicyclic) bond motifs is 5. The molecule has 19 heavy (non-hydrogen) atoms. The quantitative estimate of drug-likeness (QED) is 0.483. The van der Waals surface area contributed by atoms with Gasteiger partial charge in [-0.25, -0.2) is 0 Å². The van der Waals surface area contributed by atoms with Crippen LogP contribution in [0.1, 0.15) is 16.1 Å². The molecule has 0 spiro atoms. The highest BCUT2D eigenvalue weighted by molar-refractivity contribution is 6.17. The minimum Gasteiger partial charge on any atom is -0.303 e. The molecule has 4 nitrogen and oxygen atoms in total. The molecule has 1 aromatic heterocycles. The number of para-hydroxylation sites is 2. The van der Waals surface area contributed by atoms with Crippen LogP contribution in [0.3, 0.4) is 0 Å². The number of nitrogens with zero attached hydrogens (tertiary/aromatic N) is 2. The molecule has 90 valence electrons. The summed E-state index contributed by atoms with van der Waals surface area (Å²) in [5, 5.41) is 3.92. The van der Waals surface area contributed by atoms with Gasteiger partial charge in [0.2, 0.25) is 5.78 Å². The number of aromatic nitrogens is 1. The first-order chi connectivity index (χ1) is 9.31. The molecule has 0 aliphatic carbocycles. The van der Waals surface area contributed by atoms with Crippen LogP contribution >= 0.6 is 0 Å². The molecular weight excluding hydrogens is 240 g/mol. The lowest BCUT2D eigenvalue weighted by atomic mass is 10.1. The van der Waals surface area contributed by atoms with E-state index in [-0.39, 0.29) is 5.78 Å². The molecule has 1 aliphatic rings. The second kappa shape index (κ2) is 3.38. The van der Waals surface area contributed by atoms with E-state index >= 15 is 0 Å². The van der Waals surface area contributed by atoms with Crippen LogP contribution in [0.5, 0.6) is 0 Å². The summed E-state index contributed by atoms with van der Waals surface area (Å²) < 4.78 is 1.82. The van der Waals surface area contributed by atoms with Gasteiger partial charge in [-0.3, -0.25) is 4.79 Å². The third-order valence-electron chi connectivity index (χ3n) is 3.52. The van der Waals surface area contributed by atoms with E-state index in [9.17, 15) is 9.70 Å². The van der Waals surface area contributed by atoms with Gasteiger partial charge in [0.25, 0.3) is 0 Å². The summed E-state index contributed by atoms with van der Waals surface area (Å²) in [5.41, 5.74) is 3.13. The van der Waals surface area contributed by atoms with Crippen LogP contribution < -0.4 is 0 Å². The number of benzene rings is 2. The maximum absolute atomic E-state index is 12.3. The third-order valence-corrected chi connectivity index (χ3v) is 3.52. The number of carbonyl (C=O) groups is 1. The fourth-order valence-corrected chi connectivity index (χ4v) is 2.73. The lowest BCUT2D eigenvalue weighted by Gasteiger charge is -2.04. The molecule has 3 aromatic rings. The van der Waals surface area contributed by atoms with E-state index in [0.717, 1.165) is 11.1 Å². The van der Waals surface area contributed by atoms with Crippen molar-refractivity contribution in [1.82, 2.24) is 4.57 Å². The maximum atomic E-state index is 12.3. The van der Waals surface area contributed by atoms with E-state index in [4.69, 9.17) is 0 Å². The average Bonchev–Trinajstić information content (AvgIpc) is 2.96. The Bertz CT molecular complexity index is 862. The van der Waals surface area contributed by atoms with Crippen molar-refractivity contribution < 1.29 is 4.79 Å². The summed E-state index contributed by atoms with van der Waals surface area (Å²) in [4.78, 5) is 23.3. The van der Waals surface area contributed by atoms with Crippen molar-refractivity contribution in [1.29, 1.82) is 0 Å². The molecule has 4 heteroatoms. The van der Waals surface area contributed by atoms with Gasteiger partial charge < -0.3 is 4.57 Å². The minimum absolute atomic E-state index is 0.0105. The van der Waals surface area contributed by atoms with Gasteiger partial charge in [-0.15, -0.1) is 4.91 Å². The van der Waals surface area contributed by atoms with Gasteiger partial charge in [-0.05, 0) is 29.4 Å². The molecule has 4 rings (SSSR count). The summed E-state index contributed by atoms with van der Waals surface area (Å²) in [7, 11) is 0. The van der Waals surface area contributed by atoms with Gasteiger partial charge in [0.15, 0.2) is 0 Å². The molecule has 2 heterocycles. The molecule has 0 saturated carbocycles. The highest BCUT2D eigenvalue weighted by Crippen LogP contribution is 2.37. The van der Waals surface area contributed by atoms with Gasteiger partial charge in [0.05, 0.1) is 16.9 Å². The Labute approximate surface area is 108 Å². The summed E-state index contributed by atoms with van der Waals surface area (Å²) >= 11 is 0. The van der Waals surface area contributed by atoms with E-state index in [1.807, 2.05) is 34.9 Å². The van der Waals surface area contributed by atoms with Crippen molar-refractivity contribution in [3.63, 3.8) is 0 Å².